The molecule has 1 rings (SSSR count). The van der Waals surface area contributed by atoms with Crippen molar-refractivity contribution in [3.05, 3.63) is 0 Å². The van der Waals surface area contributed by atoms with Crippen LogP contribution in [0.25, 0.3) is 0 Å². The van der Waals surface area contributed by atoms with Gasteiger partial charge in [-0.05, 0) is 26.2 Å². The van der Waals surface area contributed by atoms with Crippen molar-refractivity contribution in [1.29, 1.82) is 0 Å². The van der Waals surface area contributed by atoms with Gasteiger partial charge in [0.1, 0.15) is 0 Å². The fraction of sp³-hybridized carbons (Fsp3) is 0.941. The number of esters is 1. The lowest BCUT2D eigenvalue weighted by Crippen LogP contribution is -2.03. The quantitative estimate of drug-likeness (QED) is 0.281. The minimum atomic E-state index is -0.0554. The summed E-state index contributed by atoms with van der Waals surface area (Å²) in [7, 11) is 0. The third-order valence-electron chi connectivity index (χ3n) is 3.95. The zero-order valence-corrected chi connectivity index (χ0v) is 13.4. The van der Waals surface area contributed by atoms with Crippen LogP contribution in [0.15, 0.2) is 0 Å². The van der Waals surface area contributed by atoms with Crippen LogP contribution < -0.4 is 0 Å². The number of rotatable bonds is 13. The largest absolute Gasteiger partial charge is 0.466 e. The first-order valence-corrected chi connectivity index (χ1v) is 8.59. The summed E-state index contributed by atoms with van der Waals surface area (Å²) in [6, 6.07) is 0. The number of carbonyl (C=O) groups excluding carboxylic acids is 1. The third kappa shape index (κ3) is 8.57. The van der Waals surface area contributed by atoms with Gasteiger partial charge in [-0.25, -0.2) is 0 Å². The van der Waals surface area contributed by atoms with Crippen molar-refractivity contribution in [2.45, 2.75) is 96.7 Å². The first kappa shape index (κ1) is 17.5. The van der Waals surface area contributed by atoms with E-state index in [2.05, 4.69) is 6.92 Å². The number of hydrogen-bond donors (Lipinski definition) is 0. The second-order valence-electron chi connectivity index (χ2n) is 5.82. The number of hydrogen-bond acceptors (Lipinski definition) is 3. The SMILES string of the molecule is CCCCCCCC1OC1CCCCCC(=O)OCC. The topological polar surface area (TPSA) is 38.8 Å². The highest BCUT2D eigenvalue weighted by atomic mass is 16.6. The van der Waals surface area contributed by atoms with E-state index in [0.29, 0.717) is 25.2 Å². The summed E-state index contributed by atoms with van der Waals surface area (Å²) in [5, 5.41) is 0. The van der Waals surface area contributed by atoms with Crippen LogP contribution in [0.1, 0.15) is 84.5 Å². The normalized spacial score (nSPS) is 20.9. The Hall–Kier alpha value is -0.570. The summed E-state index contributed by atoms with van der Waals surface area (Å²) in [5.74, 6) is -0.0554. The molecule has 2 unspecified atom stereocenters. The van der Waals surface area contributed by atoms with Crippen LogP contribution in [-0.2, 0) is 14.3 Å². The summed E-state index contributed by atoms with van der Waals surface area (Å²) in [4.78, 5) is 11.2. The van der Waals surface area contributed by atoms with E-state index in [1.807, 2.05) is 6.92 Å². The molecule has 1 heterocycles. The van der Waals surface area contributed by atoms with E-state index in [9.17, 15) is 4.79 Å². The second kappa shape index (κ2) is 11.1. The predicted molar refractivity (Wildman–Crippen MR) is 81.8 cm³/mol. The van der Waals surface area contributed by atoms with E-state index in [1.165, 1.54) is 51.4 Å². The molecule has 0 radical (unpaired) electrons. The van der Waals surface area contributed by atoms with Crippen molar-refractivity contribution in [1.82, 2.24) is 0 Å². The Morgan fingerprint density at radius 2 is 1.50 bits per heavy atom. The Morgan fingerprint density at radius 1 is 0.900 bits per heavy atom. The first-order valence-electron chi connectivity index (χ1n) is 8.59. The van der Waals surface area contributed by atoms with Gasteiger partial charge in [0.05, 0.1) is 18.8 Å². The zero-order valence-electron chi connectivity index (χ0n) is 13.4. The van der Waals surface area contributed by atoms with E-state index in [0.717, 1.165) is 12.8 Å². The van der Waals surface area contributed by atoms with Crippen molar-refractivity contribution < 1.29 is 14.3 Å². The van der Waals surface area contributed by atoms with Crippen LogP contribution >= 0.6 is 0 Å². The third-order valence-corrected chi connectivity index (χ3v) is 3.95. The standard InChI is InChI=1S/C17H32O3/c1-3-5-6-7-9-12-15-16(20-15)13-10-8-11-14-17(18)19-4-2/h15-16H,3-14H2,1-2H3. The Labute approximate surface area is 124 Å². The van der Waals surface area contributed by atoms with Crippen molar-refractivity contribution >= 4 is 5.97 Å². The summed E-state index contributed by atoms with van der Waals surface area (Å²) in [5.41, 5.74) is 0. The average Bonchev–Trinajstić information content (AvgIpc) is 3.17. The maximum atomic E-state index is 11.2. The van der Waals surface area contributed by atoms with Gasteiger partial charge in [-0.1, -0.05) is 51.9 Å². The minimum Gasteiger partial charge on any atom is -0.466 e. The molecule has 20 heavy (non-hydrogen) atoms. The molecular formula is C17H32O3. The molecule has 0 amide bonds. The highest BCUT2D eigenvalue weighted by molar-refractivity contribution is 5.69. The van der Waals surface area contributed by atoms with Gasteiger partial charge in [-0.3, -0.25) is 4.79 Å². The number of carbonyl (C=O) groups is 1. The zero-order chi connectivity index (χ0) is 14.6. The number of epoxide rings is 1. The fourth-order valence-electron chi connectivity index (χ4n) is 2.66. The molecule has 0 aliphatic carbocycles. The summed E-state index contributed by atoms with van der Waals surface area (Å²) < 4.78 is 10.6. The van der Waals surface area contributed by atoms with Gasteiger partial charge in [-0.2, -0.15) is 0 Å². The number of unbranched alkanes of at least 4 members (excludes halogenated alkanes) is 6. The molecule has 3 heteroatoms. The van der Waals surface area contributed by atoms with Crippen LogP contribution in [0.5, 0.6) is 0 Å². The highest BCUT2D eigenvalue weighted by Crippen LogP contribution is 2.31. The summed E-state index contributed by atoms with van der Waals surface area (Å²) in [6.07, 6.45) is 14.0. The predicted octanol–water partition coefficient (Wildman–Crippen LogP) is 4.63. The van der Waals surface area contributed by atoms with E-state index in [-0.39, 0.29) is 5.97 Å². The molecule has 2 atom stereocenters. The maximum absolute atomic E-state index is 11.2. The molecular weight excluding hydrogens is 252 g/mol. The maximum Gasteiger partial charge on any atom is 0.305 e. The Bertz CT molecular complexity index is 253. The van der Waals surface area contributed by atoms with Crippen molar-refractivity contribution in [2.24, 2.45) is 0 Å². The van der Waals surface area contributed by atoms with Gasteiger partial charge >= 0.3 is 5.97 Å². The minimum absolute atomic E-state index is 0.0554. The van der Waals surface area contributed by atoms with Crippen LogP contribution in [0.4, 0.5) is 0 Å². The van der Waals surface area contributed by atoms with E-state index in [1.54, 1.807) is 0 Å². The summed E-state index contributed by atoms with van der Waals surface area (Å²) >= 11 is 0. The molecule has 0 spiro atoms. The molecule has 0 saturated carbocycles. The van der Waals surface area contributed by atoms with Gasteiger partial charge in [0.15, 0.2) is 0 Å². The highest BCUT2D eigenvalue weighted by Gasteiger charge is 2.36. The van der Waals surface area contributed by atoms with Crippen LogP contribution in [0, 0.1) is 0 Å². The Kier molecular flexibility index (Phi) is 9.73. The molecule has 1 aliphatic rings. The smallest absolute Gasteiger partial charge is 0.305 e. The van der Waals surface area contributed by atoms with Gasteiger partial charge in [0.2, 0.25) is 0 Å². The average molecular weight is 284 g/mol. The van der Waals surface area contributed by atoms with E-state index >= 15 is 0 Å². The molecule has 0 N–H and O–H groups in total. The van der Waals surface area contributed by atoms with Gasteiger partial charge < -0.3 is 9.47 Å². The Morgan fingerprint density at radius 3 is 2.10 bits per heavy atom. The lowest BCUT2D eigenvalue weighted by atomic mass is 10.0. The first-order chi connectivity index (χ1) is 9.77. The van der Waals surface area contributed by atoms with Crippen molar-refractivity contribution in [2.75, 3.05) is 6.61 Å². The molecule has 0 aromatic carbocycles. The molecule has 1 aliphatic heterocycles. The molecule has 0 bridgehead atoms. The van der Waals surface area contributed by atoms with Crippen LogP contribution in [-0.4, -0.2) is 24.8 Å². The molecule has 0 aromatic heterocycles. The van der Waals surface area contributed by atoms with Gasteiger partial charge in [0.25, 0.3) is 0 Å². The van der Waals surface area contributed by atoms with E-state index in [4.69, 9.17) is 9.47 Å². The summed E-state index contributed by atoms with van der Waals surface area (Å²) in [6.45, 7) is 4.60. The lowest BCUT2D eigenvalue weighted by Gasteiger charge is -2.01. The van der Waals surface area contributed by atoms with Gasteiger partial charge in [-0.15, -0.1) is 0 Å². The van der Waals surface area contributed by atoms with Crippen molar-refractivity contribution in [3.8, 4) is 0 Å². The van der Waals surface area contributed by atoms with Crippen molar-refractivity contribution in [3.63, 3.8) is 0 Å². The van der Waals surface area contributed by atoms with Gasteiger partial charge in [0, 0.05) is 6.42 Å². The lowest BCUT2D eigenvalue weighted by molar-refractivity contribution is -0.143. The monoisotopic (exact) mass is 284 g/mol. The second-order valence-corrected chi connectivity index (χ2v) is 5.82. The molecule has 1 fully saturated rings. The molecule has 0 aromatic rings. The van der Waals surface area contributed by atoms with Crippen LogP contribution in [0.2, 0.25) is 0 Å². The van der Waals surface area contributed by atoms with Crippen LogP contribution in [0.3, 0.4) is 0 Å². The fourth-order valence-corrected chi connectivity index (χ4v) is 2.66. The Balaban J connectivity index is 1.82. The molecule has 1 saturated heterocycles. The number of ether oxygens (including phenoxy) is 2. The molecule has 3 nitrogen and oxygen atoms in total. The molecule has 118 valence electrons. The van der Waals surface area contributed by atoms with E-state index < -0.39 is 0 Å².